The molecule has 0 aliphatic heterocycles. The van der Waals surface area contributed by atoms with E-state index in [0.717, 1.165) is 32.1 Å². The summed E-state index contributed by atoms with van der Waals surface area (Å²) in [5, 5.41) is 10.2. The van der Waals surface area contributed by atoms with Crippen molar-refractivity contribution in [2.45, 2.75) is 174 Å². The minimum absolute atomic E-state index is 0.00772. The zero-order valence-electron chi connectivity index (χ0n) is 31.5. The number of rotatable bonds is 36. The summed E-state index contributed by atoms with van der Waals surface area (Å²) < 4.78 is 32.5. The van der Waals surface area contributed by atoms with E-state index in [2.05, 4.69) is 26.0 Å². The highest BCUT2D eigenvalue weighted by molar-refractivity contribution is 7.47. The molecule has 0 aromatic rings. The number of hydrogen-bond donors (Lipinski definition) is 3. The zero-order valence-corrected chi connectivity index (χ0v) is 32.4. The molecule has 4 N–H and O–H groups in total. The monoisotopic (exact) mass is 729 g/mol. The standard InChI is InChI=1S/C39H72NO9P/c1-3-5-7-9-11-13-15-16-18-19-21-23-25-28-36(41)29-27-31-39(43)49-37(35-48-50(44,45)47-33-32-40)34-46-38(42)30-26-24-22-20-17-14-12-10-8-6-4-2/h16,18,21,23,25,28,36-37,41H,3-15,17,19-20,22,24,26-27,29-35,40H2,1-2H3,(H,44,45)/b18-16+,23-21+,28-25+/t36?,37-/m1/s1. The molecule has 0 saturated carbocycles. The molecule has 0 amide bonds. The molecule has 0 radical (unpaired) electrons. The lowest BCUT2D eigenvalue weighted by atomic mass is 10.1. The van der Waals surface area contributed by atoms with Crippen molar-refractivity contribution in [2.75, 3.05) is 26.4 Å². The maximum Gasteiger partial charge on any atom is 0.472 e. The molecule has 2 unspecified atom stereocenters. The Hall–Kier alpha value is -1.81. The van der Waals surface area contributed by atoms with E-state index in [1.165, 1.54) is 83.5 Å². The molecule has 0 aliphatic rings. The van der Waals surface area contributed by atoms with Gasteiger partial charge in [0.05, 0.1) is 19.3 Å². The molecule has 292 valence electrons. The smallest absolute Gasteiger partial charge is 0.462 e. The number of allylic oxidation sites excluding steroid dienone is 5. The molecule has 0 saturated heterocycles. The van der Waals surface area contributed by atoms with E-state index in [4.69, 9.17) is 24.3 Å². The van der Waals surface area contributed by atoms with Crippen molar-refractivity contribution in [1.82, 2.24) is 0 Å². The number of phosphoric ester groups is 1. The number of hydrogen-bond acceptors (Lipinski definition) is 9. The topological polar surface area (TPSA) is 155 Å². The van der Waals surface area contributed by atoms with Crippen LogP contribution in [0, 0.1) is 0 Å². The van der Waals surface area contributed by atoms with Gasteiger partial charge in [-0.15, -0.1) is 0 Å². The van der Waals surface area contributed by atoms with Crippen LogP contribution in [0.5, 0.6) is 0 Å². The van der Waals surface area contributed by atoms with Gasteiger partial charge in [-0.2, -0.15) is 0 Å². The van der Waals surface area contributed by atoms with Gasteiger partial charge in [0.15, 0.2) is 6.10 Å². The highest BCUT2D eigenvalue weighted by Crippen LogP contribution is 2.43. The summed E-state index contributed by atoms with van der Waals surface area (Å²) in [7, 11) is -4.42. The third-order valence-electron chi connectivity index (χ3n) is 8.13. The van der Waals surface area contributed by atoms with E-state index in [-0.39, 0.29) is 32.6 Å². The van der Waals surface area contributed by atoms with Gasteiger partial charge in [0.1, 0.15) is 6.61 Å². The van der Waals surface area contributed by atoms with E-state index in [9.17, 15) is 24.2 Å². The molecule has 3 atom stereocenters. The first kappa shape index (κ1) is 48.2. The fourth-order valence-corrected chi connectivity index (χ4v) is 5.94. The second-order valence-corrected chi connectivity index (χ2v) is 14.5. The molecular formula is C39H72NO9P. The van der Waals surface area contributed by atoms with Crippen molar-refractivity contribution in [3.8, 4) is 0 Å². The Kier molecular flexibility index (Phi) is 34.3. The summed E-state index contributed by atoms with van der Waals surface area (Å²) in [5.41, 5.74) is 5.32. The lowest BCUT2D eigenvalue weighted by molar-refractivity contribution is -0.161. The van der Waals surface area contributed by atoms with Gasteiger partial charge in [-0.1, -0.05) is 147 Å². The summed E-state index contributed by atoms with van der Waals surface area (Å²) in [5.74, 6) is -1.03. The van der Waals surface area contributed by atoms with E-state index < -0.39 is 38.6 Å². The van der Waals surface area contributed by atoms with Gasteiger partial charge >= 0.3 is 19.8 Å². The quantitative estimate of drug-likeness (QED) is 0.0187. The lowest BCUT2D eigenvalue weighted by Gasteiger charge is -2.20. The first-order valence-electron chi connectivity index (χ1n) is 19.6. The summed E-state index contributed by atoms with van der Waals surface area (Å²) >= 11 is 0. The number of esters is 2. The molecule has 0 spiro atoms. The molecule has 0 fully saturated rings. The average molecular weight is 730 g/mol. The van der Waals surface area contributed by atoms with Crippen LogP contribution in [-0.2, 0) is 32.7 Å². The number of phosphoric acid groups is 1. The van der Waals surface area contributed by atoms with Crippen LogP contribution in [0.1, 0.15) is 162 Å². The summed E-state index contributed by atoms with van der Waals surface area (Å²) in [6.07, 6.45) is 33.5. The van der Waals surface area contributed by atoms with Crippen LogP contribution in [0.3, 0.4) is 0 Å². The Balaban J connectivity index is 4.42. The van der Waals surface area contributed by atoms with Crippen LogP contribution in [0.2, 0.25) is 0 Å². The molecule has 0 aromatic carbocycles. The van der Waals surface area contributed by atoms with E-state index in [0.29, 0.717) is 19.3 Å². The van der Waals surface area contributed by atoms with Crippen molar-refractivity contribution >= 4 is 19.8 Å². The van der Waals surface area contributed by atoms with Crippen LogP contribution < -0.4 is 5.73 Å². The van der Waals surface area contributed by atoms with Crippen molar-refractivity contribution < 1.29 is 42.7 Å². The Morgan fingerprint density at radius 2 is 1.28 bits per heavy atom. The van der Waals surface area contributed by atoms with Crippen molar-refractivity contribution in [3.63, 3.8) is 0 Å². The second-order valence-electron chi connectivity index (χ2n) is 13.0. The zero-order chi connectivity index (χ0) is 37.0. The molecular weight excluding hydrogens is 657 g/mol. The third-order valence-corrected chi connectivity index (χ3v) is 9.12. The Morgan fingerprint density at radius 1 is 0.700 bits per heavy atom. The first-order valence-corrected chi connectivity index (χ1v) is 21.1. The number of ether oxygens (including phenoxy) is 2. The van der Waals surface area contributed by atoms with Crippen LogP contribution in [-0.4, -0.2) is 60.5 Å². The summed E-state index contributed by atoms with van der Waals surface area (Å²) in [6, 6.07) is 0. The number of unbranched alkanes of at least 4 members (excludes halogenated alkanes) is 16. The maximum atomic E-state index is 12.5. The first-order chi connectivity index (χ1) is 24.2. The van der Waals surface area contributed by atoms with E-state index in [1.54, 1.807) is 12.2 Å². The van der Waals surface area contributed by atoms with E-state index in [1.807, 2.05) is 12.2 Å². The van der Waals surface area contributed by atoms with Crippen LogP contribution >= 0.6 is 7.82 Å². The Labute approximate surface area is 304 Å². The van der Waals surface area contributed by atoms with Gasteiger partial charge < -0.3 is 25.2 Å². The molecule has 0 rings (SSSR count). The van der Waals surface area contributed by atoms with Gasteiger partial charge in [0.2, 0.25) is 0 Å². The van der Waals surface area contributed by atoms with Gasteiger partial charge in [-0.05, 0) is 38.5 Å². The highest BCUT2D eigenvalue weighted by atomic mass is 31.2. The molecule has 10 nitrogen and oxygen atoms in total. The fourth-order valence-electron chi connectivity index (χ4n) is 5.17. The SMILES string of the molecule is CCCCCCCC/C=C/C/C=C/C=C/C(O)CCCC(=O)O[C@H](COC(=O)CCCCCCCCCCCCC)COP(=O)(O)OCCN. The molecule has 50 heavy (non-hydrogen) atoms. The van der Waals surface area contributed by atoms with E-state index >= 15 is 0 Å². The van der Waals surface area contributed by atoms with Gasteiger partial charge in [0.25, 0.3) is 0 Å². The number of carbonyl (C=O) groups is 2. The van der Waals surface area contributed by atoms with Gasteiger partial charge in [-0.3, -0.25) is 18.6 Å². The summed E-state index contributed by atoms with van der Waals surface area (Å²) in [4.78, 5) is 34.7. The van der Waals surface area contributed by atoms with Crippen molar-refractivity contribution in [1.29, 1.82) is 0 Å². The minimum atomic E-state index is -4.42. The van der Waals surface area contributed by atoms with Gasteiger partial charge in [0, 0.05) is 19.4 Å². The summed E-state index contributed by atoms with van der Waals surface area (Å²) in [6.45, 7) is 3.48. The third kappa shape index (κ3) is 34.6. The van der Waals surface area contributed by atoms with Crippen LogP contribution in [0.4, 0.5) is 0 Å². The minimum Gasteiger partial charge on any atom is -0.462 e. The largest absolute Gasteiger partial charge is 0.472 e. The molecule has 11 heteroatoms. The van der Waals surface area contributed by atoms with Crippen LogP contribution in [0.15, 0.2) is 36.5 Å². The Morgan fingerprint density at radius 3 is 1.90 bits per heavy atom. The number of aliphatic hydroxyl groups is 1. The van der Waals surface area contributed by atoms with Crippen molar-refractivity contribution in [2.24, 2.45) is 5.73 Å². The van der Waals surface area contributed by atoms with Crippen molar-refractivity contribution in [3.05, 3.63) is 36.5 Å². The molecule has 0 heterocycles. The second kappa shape index (κ2) is 35.6. The van der Waals surface area contributed by atoms with Gasteiger partial charge in [-0.25, -0.2) is 4.57 Å². The average Bonchev–Trinajstić information content (AvgIpc) is 3.09. The normalized spacial score (nSPS) is 14.4. The molecule has 0 aromatic heterocycles. The predicted molar refractivity (Wildman–Crippen MR) is 203 cm³/mol. The number of nitrogens with two attached hydrogens (primary N) is 1. The maximum absolute atomic E-state index is 12.5. The number of carbonyl (C=O) groups excluding carboxylic acids is 2. The number of aliphatic hydroxyl groups excluding tert-OH is 1. The lowest BCUT2D eigenvalue weighted by Crippen LogP contribution is -2.29. The molecule has 0 aliphatic carbocycles. The van der Waals surface area contributed by atoms with Crippen LogP contribution in [0.25, 0.3) is 0 Å². The predicted octanol–water partition coefficient (Wildman–Crippen LogP) is 9.58. The highest BCUT2D eigenvalue weighted by Gasteiger charge is 2.26. The molecule has 0 bridgehead atoms. The Bertz CT molecular complexity index is 941. The fraction of sp³-hybridized carbons (Fsp3) is 0.795.